The molecule has 104 valence electrons. The summed E-state index contributed by atoms with van der Waals surface area (Å²) in [5.74, 6) is 0.644. The van der Waals surface area contributed by atoms with Crippen molar-refractivity contribution >= 4 is 5.69 Å². The van der Waals surface area contributed by atoms with Crippen molar-refractivity contribution in [3.8, 4) is 22.9 Å². The third-order valence-corrected chi connectivity index (χ3v) is 3.10. The van der Waals surface area contributed by atoms with Crippen molar-refractivity contribution in [3.05, 3.63) is 64.2 Å². The molecule has 21 heavy (non-hydrogen) atoms. The molecule has 0 aliphatic heterocycles. The number of hydrogen-bond acceptors (Lipinski definition) is 5. The fraction of sp³-hybridized carbons (Fsp3) is 0.0667. The minimum absolute atomic E-state index is 0.0342. The second kappa shape index (κ2) is 5.16. The third kappa shape index (κ3) is 2.51. The lowest BCUT2D eigenvalue weighted by molar-refractivity contribution is -0.385. The largest absolute Gasteiger partial charge is 0.416 e. The highest BCUT2D eigenvalue weighted by Crippen LogP contribution is 2.28. The number of aromatic nitrogens is 2. The van der Waals surface area contributed by atoms with E-state index in [9.17, 15) is 10.1 Å². The molecule has 3 rings (SSSR count). The molecule has 0 amide bonds. The summed E-state index contributed by atoms with van der Waals surface area (Å²) in [6.45, 7) is 1.69. The zero-order valence-electron chi connectivity index (χ0n) is 11.2. The molecule has 0 aliphatic rings. The molecular formula is C15H11N3O3. The van der Waals surface area contributed by atoms with Crippen molar-refractivity contribution in [1.29, 1.82) is 0 Å². The lowest BCUT2D eigenvalue weighted by Gasteiger charge is -1.99. The number of nitro groups is 1. The molecule has 0 saturated carbocycles. The van der Waals surface area contributed by atoms with Crippen LogP contribution < -0.4 is 0 Å². The van der Waals surface area contributed by atoms with Gasteiger partial charge in [-0.2, -0.15) is 0 Å². The number of benzene rings is 2. The third-order valence-electron chi connectivity index (χ3n) is 3.10. The van der Waals surface area contributed by atoms with Gasteiger partial charge in [-0.25, -0.2) is 0 Å². The van der Waals surface area contributed by atoms with Gasteiger partial charge in [0.25, 0.3) is 5.69 Å². The van der Waals surface area contributed by atoms with Gasteiger partial charge in [-0.15, -0.1) is 10.2 Å². The first kappa shape index (κ1) is 13.0. The van der Waals surface area contributed by atoms with Gasteiger partial charge in [-0.1, -0.05) is 24.3 Å². The minimum atomic E-state index is -0.423. The Kier molecular flexibility index (Phi) is 3.19. The maximum Gasteiger partial charge on any atom is 0.273 e. The average molecular weight is 281 g/mol. The molecule has 0 atom stereocenters. The van der Waals surface area contributed by atoms with Gasteiger partial charge in [-0.05, 0) is 25.1 Å². The Hall–Kier alpha value is -3.02. The Morgan fingerprint density at radius 3 is 2.33 bits per heavy atom. The number of rotatable bonds is 3. The standard InChI is InChI=1S/C15H11N3O3/c1-10-7-8-12(9-13(10)18(19)20)15-17-16-14(21-15)11-5-3-2-4-6-11/h2-9H,1H3. The van der Waals surface area contributed by atoms with Crippen LogP contribution in [-0.2, 0) is 0 Å². The molecule has 0 fully saturated rings. The van der Waals surface area contributed by atoms with E-state index in [4.69, 9.17) is 4.42 Å². The molecule has 0 radical (unpaired) electrons. The Bertz CT molecular complexity index is 797. The highest BCUT2D eigenvalue weighted by molar-refractivity contribution is 5.61. The molecule has 0 bridgehead atoms. The molecule has 1 aromatic heterocycles. The number of hydrogen-bond donors (Lipinski definition) is 0. The van der Waals surface area contributed by atoms with E-state index in [2.05, 4.69) is 10.2 Å². The monoisotopic (exact) mass is 281 g/mol. The minimum Gasteiger partial charge on any atom is -0.416 e. The average Bonchev–Trinajstić information content (AvgIpc) is 2.98. The summed E-state index contributed by atoms with van der Waals surface area (Å²) < 4.78 is 5.59. The molecule has 0 unspecified atom stereocenters. The van der Waals surface area contributed by atoms with Crippen LogP contribution >= 0.6 is 0 Å². The molecule has 6 nitrogen and oxygen atoms in total. The molecule has 0 N–H and O–H groups in total. The molecule has 6 heteroatoms. The molecule has 2 aromatic carbocycles. The van der Waals surface area contributed by atoms with Crippen molar-refractivity contribution < 1.29 is 9.34 Å². The van der Waals surface area contributed by atoms with E-state index in [0.29, 0.717) is 17.0 Å². The fourth-order valence-electron chi connectivity index (χ4n) is 1.98. The van der Waals surface area contributed by atoms with E-state index in [1.165, 1.54) is 6.07 Å². The van der Waals surface area contributed by atoms with Gasteiger partial charge >= 0.3 is 0 Å². The lowest BCUT2D eigenvalue weighted by Crippen LogP contribution is -1.92. The maximum absolute atomic E-state index is 11.0. The van der Waals surface area contributed by atoms with Crippen LogP contribution in [0.4, 0.5) is 5.69 Å². The van der Waals surface area contributed by atoms with E-state index in [1.807, 2.05) is 30.3 Å². The van der Waals surface area contributed by atoms with Gasteiger partial charge in [-0.3, -0.25) is 10.1 Å². The topological polar surface area (TPSA) is 82.1 Å². The molecule has 0 aliphatic carbocycles. The second-order valence-electron chi connectivity index (χ2n) is 4.54. The SMILES string of the molecule is Cc1ccc(-c2nnc(-c3ccccc3)o2)cc1[N+](=O)[O-]. The van der Waals surface area contributed by atoms with E-state index in [1.54, 1.807) is 19.1 Å². The summed E-state index contributed by atoms with van der Waals surface area (Å²) >= 11 is 0. The van der Waals surface area contributed by atoms with E-state index in [-0.39, 0.29) is 11.6 Å². The van der Waals surface area contributed by atoms with Crippen LogP contribution in [0.2, 0.25) is 0 Å². The van der Waals surface area contributed by atoms with Crippen LogP contribution in [0.25, 0.3) is 22.9 Å². The summed E-state index contributed by atoms with van der Waals surface area (Å²) in [7, 11) is 0. The maximum atomic E-state index is 11.0. The zero-order valence-corrected chi connectivity index (χ0v) is 11.2. The van der Waals surface area contributed by atoms with Crippen molar-refractivity contribution in [2.75, 3.05) is 0 Å². The predicted octanol–water partition coefficient (Wildman–Crippen LogP) is 3.62. The number of nitro benzene ring substituents is 1. The summed E-state index contributed by atoms with van der Waals surface area (Å²) in [5, 5.41) is 18.9. The van der Waals surface area contributed by atoms with Crippen LogP contribution in [0.1, 0.15) is 5.56 Å². The van der Waals surface area contributed by atoms with Crippen molar-refractivity contribution in [3.63, 3.8) is 0 Å². The Balaban J connectivity index is 2.01. The highest BCUT2D eigenvalue weighted by Gasteiger charge is 2.16. The quantitative estimate of drug-likeness (QED) is 0.541. The highest BCUT2D eigenvalue weighted by atomic mass is 16.6. The van der Waals surface area contributed by atoms with Gasteiger partial charge < -0.3 is 4.42 Å². The summed E-state index contributed by atoms with van der Waals surface area (Å²) in [5.41, 5.74) is 1.96. The normalized spacial score (nSPS) is 10.5. The van der Waals surface area contributed by atoms with Gasteiger partial charge in [0, 0.05) is 22.8 Å². The fourth-order valence-corrected chi connectivity index (χ4v) is 1.98. The van der Waals surface area contributed by atoms with E-state index in [0.717, 1.165) is 5.56 Å². The Morgan fingerprint density at radius 2 is 1.67 bits per heavy atom. The second-order valence-corrected chi connectivity index (χ2v) is 4.54. The van der Waals surface area contributed by atoms with Gasteiger partial charge in [0.1, 0.15) is 0 Å². The molecule has 1 heterocycles. The van der Waals surface area contributed by atoms with Crippen LogP contribution in [0.5, 0.6) is 0 Å². The predicted molar refractivity (Wildman–Crippen MR) is 76.6 cm³/mol. The van der Waals surface area contributed by atoms with Gasteiger partial charge in [0.05, 0.1) is 4.92 Å². The van der Waals surface area contributed by atoms with E-state index >= 15 is 0 Å². The van der Waals surface area contributed by atoms with Crippen molar-refractivity contribution in [1.82, 2.24) is 10.2 Å². The lowest BCUT2D eigenvalue weighted by atomic mass is 10.1. The molecule has 0 saturated heterocycles. The molecular weight excluding hydrogens is 270 g/mol. The number of aryl methyl sites for hydroxylation is 1. The summed E-state index contributed by atoms with van der Waals surface area (Å²) in [6, 6.07) is 14.2. The van der Waals surface area contributed by atoms with Gasteiger partial charge in [0.15, 0.2) is 0 Å². The van der Waals surface area contributed by atoms with Crippen LogP contribution in [0.3, 0.4) is 0 Å². The van der Waals surface area contributed by atoms with Crippen molar-refractivity contribution in [2.45, 2.75) is 6.92 Å². The van der Waals surface area contributed by atoms with Crippen molar-refractivity contribution in [2.24, 2.45) is 0 Å². The van der Waals surface area contributed by atoms with Crippen LogP contribution in [0, 0.1) is 17.0 Å². The van der Waals surface area contributed by atoms with Crippen LogP contribution in [-0.4, -0.2) is 15.1 Å². The zero-order chi connectivity index (χ0) is 14.8. The smallest absolute Gasteiger partial charge is 0.273 e. The van der Waals surface area contributed by atoms with E-state index < -0.39 is 4.92 Å². The first-order chi connectivity index (χ1) is 10.1. The first-order valence-corrected chi connectivity index (χ1v) is 6.29. The molecule has 0 spiro atoms. The van der Waals surface area contributed by atoms with Gasteiger partial charge in [0.2, 0.25) is 11.8 Å². The summed E-state index contributed by atoms with van der Waals surface area (Å²) in [6.07, 6.45) is 0. The van der Waals surface area contributed by atoms with Crippen LogP contribution in [0.15, 0.2) is 52.9 Å². The summed E-state index contributed by atoms with van der Waals surface area (Å²) in [4.78, 5) is 10.5. The Morgan fingerprint density at radius 1 is 1.00 bits per heavy atom. The number of nitrogens with zero attached hydrogens (tertiary/aromatic N) is 3. The Labute approximate surface area is 120 Å². The molecule has 3 aromatic rings. The first-order valence-electron chi connectivity index (χ1n) is 6.29.